The van der Waals surface area contributed by atoms with E-state index in [0.717, 1.165) is 24.3 Å². The fourth-order valence-corrected chi connectivity index (χ4v) is 3.02. The summed E-state index contributed by atoms with van der Waals surface area (Å²) in [5, 5.41) is 3.06. The molecule has 4 nitrogen and oxygen atoms in total. The number of nitrogens with zero attached hydrogens (tertiary/aromatic N) is 1. The number of aryl methyl sites for hydroxylation is 1. The first kappa shape index (κ1) is 11.4. The van der Waals surface area contributed by atoms with Gasteiger partial charge in [0.05, 0.1) is 5.69 Å². The van der Waals surface area contributed by atoms with Crippen LogP contribution < -0.4 is 11.1 Å². The maximum absolute atomic E-state index is 12.0. The number of hydrogen-bond acceptors (Lipinski definition) is 3. The fraction of sp³-hybridized carbons (Fsp3) is 0.545. The number of thioether (sulfide) groups is 1. The second kappa shape index (κ2) is 4.82. The molecular weight excluding hydrogens is 222 g/mol. The van der Waals surface area contributed by atoms with Gasteiger partial charge in [0.25, 0.3) is 5.91 Å². The van der Waals surface area contributed by atoms with Crippen molar-refractivity contribution in [1.82, 2.24) is 9.88 Å². The Kier molecular flexibility index (Phi) is 3.43. The second-order valence-corrected chi connectivity index (χ2v) is 5.35. The zero-order chi connectivity index (χ0) is 11.5. The molecule has 1 saturated heterocycles. The molecule has 1 aromatic rings. The van der Waals surface area contributed by atoms with Gasteiger partial charge in [0.15, 0.2) is 0 Å². The van der Waals surface area contributed by atoms with E-state index in [4.69, 9.17) is 5.73 Å². The summed E-state index contributed by atoms with van der Waals surface area (Å²) < 4.78 is 1.77. The summed E-state index contributed by atoms with van der Waals surface area (Å²) in [5.74, 6) is 2.26. The lowest BCUT2D eigenvalue weighted by atomic mass is 10.1. The van der Waals surface area contributed by atoms with Gasteiger partial charge >= 0.3 is 0 Å². The van der Waals surface area contributed by atoms with Crippen LogP contribution in [0.15, 0.2) is 12.3 Å². The third-order valence-electron chi connectivity index (χ3n) is 2.82. The number of anilines is 1. The summed E-state index contributed by atoms with van der Waals surface area (Å²) in [6.45, 7) is 0. The normalized spacial score (nSPS) is 17.3. The van der Waals surface area contributed by atoms with Gasteiger partial charge in [-0.05, 0) is 30.4 Å². The minimum Gasteiger partial charge on any atom is -0.397 e. The van der Waals surface area contributed by atoms with Gasteiger partial charge in [0.1, 0.15) is 5.69 Å². The van der Waals surface area contributed by atoms with Crippen LogP contribution in [0.1, 0.15) is 23.3 Å². The van der Waals surface area contributed by atoms with Crippen molar-refractivity contribution in [2.75, 3.05) is 17.2 Å². The molecule has 16 heavy (non-hydrogen) atoms. The molecule has 0 radical (unpaired) electrons. The Morgan fingerprint density at radius 2 is 2.25 bits per heavy atom. The van der Waals surface area contributed by atoms with Crippen LogP contribution >= 0.6 is 11.8 Å². The van der Waals surface area contributed by atoms with Crippen molar-refractivity contribution in [3.63, 3.8) is 0 Å². The van der Waals surface area contributed by atoms with E-state index in [1.165, 1.54) is 0 Å². The molecule has 0 spiro atoms. The predicted octanol–water partition coefficient (Wildman–Crippen LogP) is 1.23. The van der Waals surface area contributed by atoms with Gasteiger partial charge in [-0.1, -0.05) is 0 Å². The predicted molar refractivity (Wildman–Crippen MR) is 67.6 cm³/mol. The van der Waals surface area contributed by atoms with Crippen LogP contribution in [0.3, 0.4) is 0 Å². The summed E-state index contributed by atoms with van der Waals surface area (Å²) in [7, 11) is 1.84. The highest BCUT2D eigenvalue weighted by atomic mass is 32.2. The Balaban J connectivity index is 1.99. The molecule has 5 heteroatoms. The van der Waals surface area contributed by atoms with E-state index in [1.54, 1.807) is 16.8 Å². The number of carbonyl (C=O) groups is 1. The molecule has 0 aromatic carbocycles. The van der Waals surface area contributed by atoms with Crippen molar-refractivity contribution in [2.45, 2.75) is 18.9 Å². The molecule has 88 valence electrons. The summed E-state index contributed by atoms with van der Waals surface area (Å²) >= 11 is 1.95. The topological polar surface area (TPSA) is 60.0 Å². The van der Waals surface area contributed by atoms with Crippen LogP contribution in [0.5, 0.6) is 0 Å². The highest BCUT2D eigenvalue weighted by Crippen LogP contribution is 2.17. The van der Waals surface area contributed by atoms with Crippen molar-refractivity contribution in [3.05, 3.63) is 18.0 Å². The Bertz CT molecular complexity index is 383. The van der Waals surface area contributed by atoms with Crippen LogP contribution in [-0.4, -0.2) is 28.0 Å². The lowest BCUT2D eigenvalue weighted by molar-refractivity contribution is 0.0926. The lowest BCUT2D eigenvalue weighted by Gasteiger charge is -2.22. The zero-order valence-electron chi connectivity index (χ0n) is 9.40. The van der Waals surface area contributed by atoms with Crippen molar-refractivity contribution in [3.8, 4) is 0 Å². The van der Waals surface area contributed by atoms with Crippen molar-refractivity contribution >= 4 is 23.4 Å². The summed E-state index contributed by atoms with van der Waals surface area (Å²) in [4.78, 5) is 12.0. The SMILES string of the molecule is Cn1cc(N)cc1C(=O)NC1CCSCC1. The Labute approximate surface area is 99.6 Å². The monoisotopic (exact) mass is 239 g/mol. The Morgan fingerprint density at radius 1 is 1.56 bits per heavy atom. The van der Waals surface area contributed by atoms with E-state index in [-0.39, 0.29) is 5.91 Å². The van der Waals surface area contributed by atoms with E-state index in [2.05, 4.69) is 5.32 Å². The van der Waals surface area contributed by atoms with Crippen LogP contribution in [0.25, 0.3) is 0 Å². The van der Waals surface area contributed by atoms with E-state index < -0.39 is 0 Å². The number of rotatable bonds is 2. The summed E-state index contributed by atoms with van der Waals surface area (Å²) in [5.41, 5.74) is 6.91. The summed E-state index contributed by atoms with van der Waals surface area (Å²) in [6, 6.07) is 2.04. The van der Waals surface area contributed by atoms with E-state index >= 15 is 0 Å². The van der Waals surface area contributed by atoms with Gasteiger partial charge in [-0.3, -0.25) is 4.79 Å². The number of carbonyl (C=O) groups excluding carboxylic acids is 1. The molecule has 1 aromatic heterocycles. The molecule has 0 saturated carbocycles. The van der Waals surface area contributed by atoms with Crippen LogP contribution in [0.4, 0.5) is 5.69 Å². The van der Waals surface area contributed by atoms with Gasteiger partial charge in [-0.15, -0.1) is 0 Å². The number of amides is 1. The quantitative estimate of drug-likeness (QED) is 0.816. The average Bonchev–Trinajstić information content (AvgIpc) is 2.59. The average molecular weight is 239 g/mol. The lowest BCUT2D eigenvalue weighted by Crippen LogP contribution is -2.38. The van der Waals surface area contributed by atoms with E-state index in [0.29, 0.717) is 17.4 Å². The molecule has 1 aliphatic rings. The van der Waals surface area contributed by atoms with Gasteiger partial charge in [-0.25, -0.2) is 0 Å². The van der Waals surface area contributed by atoms with E-state index in [1.807, 2.05) is 18.8 Å². The molecule has 1 amide bonds. The van der Waals surface area contributed by atoms with Crippen molar-refractivity contribution in [2.24, 2.45) is 7.05 Å². The highest BCUT2D eigenvalue weighted by Gasteiger charge is 2.18. The Hall–Kier alpha value is -1.10. The fourth-order valence-electron chi connectivity index (χ4n) is 1.92. The minimum atomic E-state index is -0.0175. The molecule has 2 heterocycles. The number of aromatic nitrogens is 1. The molecule has 1 aliphatic heterocycles. The standard InChI is InChI=1S/C11H17N3OS/c1-14-7-8(12)6-10(14)11(15)13-9-2-4-16-5-3-9/h6-7,9H,2-5,12H2,1H3,(H,13,15). The van der Waals surface area contributed by atoms with Crippen LogP contribution in [0, 0.1) is 0 Å². The van der Waals surface area contributed by atoms with Gasteiger partial charge < -0.3 is 15.6 Å². The van der Waals surface area contributed by atoms with Crippen molar-refractivity contribution < 1.29 is 4.79 Å². The Morgan fingerprint density at radius 3 is 2.81 bits per heavy atom. The maximum atomic E-state index is 12.0. The molecular formula is C11H17N3OS. The zero-order valence-corrected chi connectivity index (χ0v) is 10.2. The number of nitrogens with one attached hydrogen (secondary N) is 1. The molecule has 0 atom stereocenters. The third-order valence-corrected chi connectivity index (χ3v) is 3.86. The smallest absolute Gasteiger partial charge is 0.268 e. The molecule has 0 bridgehead atoms. The van der Waals surface area contributed by atoms with Gasteiger partial charge in [0, 0.05) is 19.3 Å². The number of nitrogen functional groups attached to an aromatic ring is 1. The van der Waals surface area contributed by atoms with Crippen LogP contribution in [0.2, 0.25) is 0 Å². The van der Waals surface area contributed by atoms with E-state index in [9.17, 15) is 4.79 Å². The minimum absolute atomic E-state index is 0.0175. The summed E-state index contributed by atoms with van der Waals surface area (Å²) in [6.07, 6.45) is 3.89. The van der Waals surface area contributed by atoms with Gasteiger partial charge in [-0.2, -0.15) is 11.8 Å². The molecule has 1 fully saturated rings. The first-order valence-electron chi connectivity index (χ1n) is 5.47. The molecule has 3 N–H and O–H groups in total. The maximum Gasteiger partial charge on any atom is 0.268 e. The molecule has 0 aliphatic carbocycles. The highest BCUT2D eigenvalue weighted by molar-refractivity contribution is 7.99. The first-order valence-corrected chi connectivity index (χ1v) is 6.63. The van der Waals surface area contributed by atoms with Gasteiger partial charge in [0.2, 0.25) is 0 Å². The third kappa shape index (κ3) is 2.52. The largest absolute Gasteiger partial charge is 0.397 e. The second-order valence-electron chi connectivity index (χ2n) is 4.13. The number of hydrogen-bond donors (Lipinski definition) is 2. The van der Waals surface area contributed by atoms with Crippen molar-refractivity contribution in [1.29, 1.82) is 0 Å². The molecule has 2 rings (SSSR count). The molecule has 0 unspecified atom stereocenters. The first-order chi connectivity index (χ1) is 7.66. The van der Waals surface area contributed by atoms with Crippen LogP contribution in [-0.2, 0) is 7.05 Å². The number of nitrogens with two attached hydrogens (primary N) is 1.